The van der Waals surface area contributed by atoms with Gasteiger partial charge in [-0.2, -0.15) is 4.74 Å². The second-order valence-electron chi connectivity index (χ2n) is 4.08. The van der Waals surface area contributed by atoms with Gasteiger partial charge in [0.25, 0.3) is 5.69 Å². The van der Waals surface area contributed by atoms with Gasteiger partial charge >= 0.3 is 0 Å². The first-order chi connectivity index (χ1) is 8.68. The first-order valence-corrected chi connectivity index (χ1v) is 5.50. The number of para-hydroxylation sites is 3. The summed E-state index contributed by atoms with van der Waals surface area (Å²) in [5.41, 5.74) is 2.62. The molecule has 90 valence electrons. The molecule has 0 fully saturated rings. The molecule has 1 heterocycles. The number of benzene rings is 2. The summed E-state index contributed by atoms with van der Waals surface area (Å²) < 4.78 is 0.465. The Hall–Kier alpha value is -2.37. The summed E-state index contributed by atoms with van der Waals surface area (Å²) in [6.45, 7) is 3.31. The average Bonchev–Trinajstić information content (AvgIpc) is 2.38. The lowest BCUT2D eigenvalue weighted by atomic mass is 10.1. The molecule has 0 aromatic heterocycles. The Labute approximate surface area is 104 Å². The minimum atomic E-state index is -0.153. The zero-order valence-electron chi connectivity index (χ0n) is 9.51. The van der Waals surface area contributed by atoms with Crippen LogP contribution in [0.25, 0.3) is 0 Å². The van der Waals surface area contributed by atoms with Crippen molar-refractivity contribution in [3.8, 4) is 0 Å². The highest BCUT2D eigenvalue weighted by Gasteiger charge is 2.28. The summed E-state index contributed by atoms with van der Waals surface area (Å²) in [7, 11) is 0. The minimum absolute atomic E-state index is 0.153. The van der Waals surface area contributed by atoms with E-state index in [4.69, 9.17) is 0 Å². The fourth-order valence-electron chi connectivity index (χ4n) is 2.16. The van der Waals surface area contributed by atoms with Crippen LogP contribution in [-0.4, -0.2) is 11.5 Å². The summed E-state index contributed by atoms with van der Waals surface area (Å²) in [6.07, 6.45) is 0. The molecule has 5 nitrogen and oxygen atoms in total. The van der Waals surface area contributed by atoms with Crippen LogP contribution in [0.2, 0.25) is 0 Å². The topological polar surface area (TPSA) is 65.6 Å². The first kappa shape index (κ1) is 10.8. The number of rotatable bonds is 1. The lowest BCUT2D eigenvalue weighted by Gasteiger charge is -2.30. The molecule has 0 saturated heterocycles. The lowest BCUT2D eigenvalue weighted by Crippen LogP contribution is -2.97. The largest absolute Gasteiger partial charge is 0.623 e. The number of nitrogens with zero attached hydrogens (tertiary/aromatic N) is 1. The average molecular weight is 241 g/mol. The fourth-order valence-corrected chi connectivity index (χ4v) is 2.16. The molecule has 3 rings (SSSR count). The van der Waals surface area contributed by atoms with Crippen LogP contribution >= 0.6 is 0 Å². The number of nitrogens with one attached hydrogen (secondary N) is 2. The van der Waals surface area contributed by atoms with Crippen molar-refractivity contribution in [2.75, 3.05) is 5.32 Å². The normalized spacial score (nSPS) is 16.4. The third-order valence-corrected chi connectivity index (χ3v) is 2.98. The van der Waals surface area contributed by atoms with Crippen molar-refractivity contribution in [1.82, 2.24) is 0 Å². The smallest absolute Gasteiger partial charge is 0.280 e. The molecule has 1 unspecified atom stereocenters. The van der Waals surface area contributed by atoms with Gasteiger partial charge in [-0.3, -0.25) is 5.06 Å². The molecule has 1 aliphatic heterocycles. The van der Waals surface area contributed by atoms with E-state index in [9.17, 15) is 10.4 Å². The van der Waals surface area contributed by atoms with Crippen LogP contribution in [0.3, 0.4) is 0 Å². The number of fused-ring (bicyclic) bond motifs is 2. The molecule has 0 aliphatic carbocycles. The molecule has 1 aliphatic rings. The summed E-state index contributed by atoms with van der Waals surface area (Å²) in [4.78, 5) is 0. The summed E-state index contributed by atoms with van der Waals surface area (Å²) in [5, 5.41) is 26.8. The SMILES string of the molecule is C=[N+]([O-])c1cccc2c1[NH+]([O-])c1ccccc1N2. The van der Waals surface area contributed by atoms with Crippen molar-refractivity contribution in [1.29, 1.82) is 0 Å². The van der Waals surface area contributed by atoms with Gasteiger partial charge in [0.05, 0.1) is 0 Å². The molecule has 2 aromatic carbocycles. The zero-order valence-corrected chi connectivity index (χ0v) is 9.51. The van der Waals surface area contributed by atoms with Gasteiger partial charge in [0.15, 0.2) is 5.69 Å². The monoisotopic (exact) mass is 241 g/mol. The quantitative estimate of drug-likeness (QED) is 0.347. The summed E-state index contributed by atoms with van der Waals surface area (Å²) in [6, 6.07) is 12.3. The van der Waals surface area contributed by atoms with E-state index < -0.39 is 0 Å². The summed E-state index contributed by atoms with van der Waals surface area (Å²) >= 11 is 0. The van der Waals surface area contributed by atoms with Gasteiger partial charge < -0.3 is 15.7 Å². The highest BCUT2D eigenvalue weighted by molar-refractivity contribution is 5.83. The van der Waals surface area contributed by atoms with Crippen molar-refractivity contribution in [2.45, 2.75) is 0 Å². The molecule has 0 radical (unpaired) electrons. The minimum Gasteiger partial charge on any atom is -0.623 e. The van der Waals surface area contributed by atoms with E-state index in [2.05, 4.69) is 12.0 Å². The van der Waals surface area contributed by atoms with Crippen molar-refractivity contribution < 1.29 is 9.80 Å². The molecule has 0 bridgehead atoms. The van der Waals surface area contributed by atoms with Gasteiger partial charge in [-0.1, -0.05) is 18.2 Å². The molecule has 2 aromatic rings. The predicted octanol–water partition coefficient (Wildman–Crippen LogP) is 1.93. The van der Waals surface area contributed by atoms with E-state index in [1.54, 1.807) is 30.3 Å². The summed E-state index contributed by atoms with van der Waals surface area (Å²) in [5.74, 6) is 0. The molecule has 0 spiro atoms. The maximum absolute atomic E-state index is 12.4. The second-order valence-corrected chi connectivity index (χ2v) is 4.08. The van der Waals surface area contributed by atoms with Crippen LogP contribution < -0.4 is 10.4 Å². The number of hydrogen-bond donors (Lipinski definition) is 2. The molecule has 0 amide bonds. The van der Waals surface area contributed by atoms with Gasteiger partial charge in [0.2, 0.25) is 5.69 Å². The van der Waals surface area contributed by atoms with E-state index in [0.29, 0.717) is 21.8 Å². The van der Waals surface area contributed by atoms with Crippen LogP contribution in [-0.2, 0) is 0 Å². The predicted molar refractivity (Wildman–Crippen MR) is 70.2 cm³/mol. The highest BCUT2D eigenvalue weighted by atomic mass is 16.5. The molecule has 1 atom stereocenters. The first-order valence-electron chi connectivity index (χ1n) is 5.50. The van der Waals surface area contributed by atoms with Crippen molar-refractivity contribution in [3.05, 3.63) is 52.9 Å². The Balaban J connectivity index is 2.23. The Morgan fingerprint density at radius 1 is 1.06 bits per heavy atom. The third-order valence-electron chi connectivity index (χ3n) is 2.98. The molecule has 2 N–H and O–H groups in total. The number of quaternary nitrogens is 1. The van der Waals surface area contributed by atoms with Crippen LogP contribution in [0, 0.1) is 10.4 Å². The Kier molecular flexibility index (Phi) is 2.29. The van der Waals surface area contributed by atoms with E-state index in [-0.39, 0.29) is 10.8 Å². The molecular weight excluding hydrogens is 230 g/mol. The third kappa shape index (κ3) is 1.46. The second kappa shape index (κ2) is 3.83. The lowest BCUT2D eigenvalue weighted by molar-refractivity contribution is -0.700. The van der Waals surface area contributed by atoms with Crippen molar-refractivity contribution in [3.63, 3.8) is 0 Å². The molecule has 18 heavy (non-hydrogen) atoms. The van der Waals surface area contributed by atoms with Crippen LogP contribution in [0.15, 0.2) is 42.5 Å². The fraction of sp³-hybridized carbons (Fsp3) is 0. The Morgan fingerprint density at radius 2 is 1.78 bits per heavy atom. The van der Waals surface area contributed by atoms with Gasteiger partial charge in [-0.15, -0.1) is 0 Å². The number of anilines is 2. The Morgan fingerprint density at radius 3 is 2.56 bits per heavy atom. The van der Waals surface area contributed by atoms with Gasteiger partial charge in [0.1, 0.15) is 18.1 Å². The molecular formula is C13H11N3O2. The van der Waals surface area contributed by atoms with Crippen LogP contribution in [0.5, 0.6) is 0 Å². The zero-order chi connectivity index (χ0) is 12.7. The van der Waals surface area contributed by atoms with Crippen LogP contribution in [0.1, 0.15) is 0 Å². The highest BCUT2D eigenvalue weighted by Crippen LogP contribution is 2.37. The number of hydrogen-bond acceptors (Lipinski definition) is 3. The van der Waals surface area contributed by atoms with Gasteiger partial charge in [-0.05, 0) is 12.1 Å². The van der Waals surface area contributed by atoms with Crippen LogP contribution in [0.4, 0.5) is 28.4 Å². The maximum Gasteiger partial charge on any atom is 0.280 e. The van der Waals surface area contributed by atoms with Gasteiger partial charge in [-0.25, -0.2) is 0 Å². The van der Waals surface area contributed by atoms with E-state index in [0.717, 1.165) is 5.69 Å². The van der Waals surface area contributed by atoms with E-state index in [1.165, 1.54) is 0 Å². The Bertz CT molecular complexity index is 640. The van der Waals surface area contributed by atoms with E-state index in [1.807, 2.05) is 12.1 Å². The van der Waals surface area contributed by atoms with Crippen molar-refractivity contribution in [2.24, 2.45) is 0 Å². The maximum atomic E-state index is 12.4. The standard InChI is InChI=1S/C13H11N3O2/c1-15(17)12-8-4-6-10-13(12)16(18)11-7-3-2-5-9(11)14-10/h2-8,14,16H,1H2. The molecule has 5 heteroatoms. The van der Waals surface area contributed by atoms with Crippen molar-refractivity contribution >= 4 is 35.2 Å². The van der Waals surface area contributed by atoms with E-state index >= 15 is 0 Å². The van der Waals surface area contributed by atoms with Gasteiger partial charge in [0, 0.05) is 12.1 Å². The molecule has 0 saturated carbocycles.